The molecule has 2 unspecified atom stereocenters. The maximum atomic E-state index is 6.46. The maximum Gasteiger partial charge on any atom is 0.119 e. The van der Waals surface area contributed by atoms with E-state index in [4.69, 9.17) is 28.4 Å². The molecule has 9 aromatic rings. The molecule has 406 valence electrons. The van der Waals surface area contributed by atoms with Crippen molar-refractivity contribution in [3.63, 3.8) is 0 Å². The number of hydrogen-bond donors (Lipinski definition) is 0. The van der Waals surface area contributed by atoms with E-state index in [0.29, 0.717) is 39.6 Å². The van der Waals surface area contributed by atoms with Crippen LogP contribution in [0.25, 0.3) is 12.2 Å². The third kappa shape index (κ3) is 12.1. The molecule has 0 fully saturated rings. The molecule has 9 aromatic carbocycles. The monoisotopic (exact) mass is 1060 g/mol. The van der Waals surface area contributed by atoms with Crippen LogP contribution >= 0.6 is 0 Å². The molecule has 0 heterocycles. The van der Waals surface area contributed by atoms with Crippen molar-refractivity contribution >= 4 is 12.2 Å². The quantitative estimate of drug-likeness (QED) is 0.0532. The summed E-state index contributed by atoms with van der Waals surface area (Å²) in [5.74, 6) is 4.84. The van der Waals surface area contributed by atoms with Gasteiger partial charge in [0.05, 0.1) is 26.4 Å². The number of ether oxygens (including phenoxy) is 6. The summed E-state index contributed by atoms with van der Waals surface area (Å²) in [5.41, 5.74) is 12.1. The molecule has 6 heteroatoms. The summed E-state index contributed by atoms with van der Waals surface area (Å²) in [6.45, 7) is 26.1. The second kappa shape index (κ2) is 25.4. The van der Waals surface area contributed by atoms with E-state index >= 15 is 0 Å². The van der Waals surface area contributed by atoms with Gasteiger partial charge >= 0.3 is 0 Å². The Morgan fingerprint density at radius 2 is 0.475 bits per heavy atom. The van der Waals surface area contributed by atoms with E-state index in [1.165, 1.54) is 0 Å². The Bertz CT molecular complexity index is 3210. The summed E-state index contributed by atoms with van der Waals surface area (Å²) in [6, 6.07) is 75.5. The molecule has 0 amide bonds. The summed E-state index contributed by atoms with van der Waals surface area (Å²) >= 11 is 0. The van der Waals surface area contributed by atoms with E-state index < -0.39 is 16.2 Å². The van der Waals surface area contributed by atoms with E-state index in [2.05, 4.69) is 246 Å². The summed E-state index contributed by atoms with van der Waals surface area (Å²) in [4.78, 5) is 0. The lowest BCUT2D eigenvalue weighted by Gasteiger charge is -2.39. The van der Waals surface area contributed by atoms with Crippen LogP contribution in [0, 0.1) is 0 Å². The fourth-order valence-corrected chi connectivity index (χ4v) is 10.8. The molecule has 0 saturated heterocycles. The van der Waals surface area contributed by atoms with Crippen LogP contribution in [0.15, 0.2) is 225 Å². The summed E-state index contributed by atoms with van der Waals surface area (Å²) in [6.07, 6.45) is 3.70. The lowest BCUT2D eigenvalue weighted by molar-refractivity contribution is 0.306. The largest absolute Gasteiger partial charge is 0.494 e. The van der Waals surface area contributed by atoms with E-state index in [1.807, 2.05) is 39.8 Å². The SMILES string of the molecule is C=Cc1ccc(COc2ccc(C(C)(c3ccc(OCC)cc3)c3cc(C(C)(c4ccc(OCC)cc4)c4ccc(OCC)cc4)cc(C(C)(c4ccc(OCC)cc4)c4ccc(OCc5ccc(C=C)cc5)cc4)c3)cc2)cc1. The second-order valence-electron chi connectivity index (χ2n) is 20.5. The molecule has 0 saturated carbocycles. The Morgan fingerprint density at radius 3 is 0.662 bits per heavy atom. The van der Waals surface area contributed by atoms with Gasteiger partial charge in [0.15, 0.2) is 0 Å². The molecule has 0 aliphatic heterocycles. The molecule has 0 aliphatic carbocycles. The first kappa shape index (κ1) is 56.0. The first-order valence-corrected chi connectivity index (χ1v) is 27.9. The fourth-order valence-electron chi connectivity index (χ4n) is 10.8. The first-order chi connectivity index (χ1) is 38.9. The van der Waals surface area contributed by atoms with Crippen LogP contribution in [0.1, 0.15) is 121 Å². The molecular formula is C74H74O6. The molecular weight excluding hydrogens is 985 g/mol. The molecule has 0 spiro atoms. The van der Waals surface area contributed by atoms with Crippen LogP contribution < -0.4 is 28.4 Å². The second-order valence-corrected chi connectivity index (χ2v) is 20.5. The Hall–Kier alpha value is -8.74. The Labute approximate surface area is 474 Å². The highest BCUT2D eigenvalue weighted by molar-refractivity contribution is 5.62. The maximum absolute atomic E-state index is 6.46. The molecule has 0 aliphatic rings. The normalized spacial score (nSPS) is 12.8. The van der Waals surface area contributed by atoms with Gasteiger partial charge in [0, 0.05) is 16.2 Å². The third-order valence-corrected chi connectivity index (χ3v) is 15.7. The average Bonchev–Trinajstić information content (AvgIpc) is 3.57. The van der Waals surface area contributed by atoms with Crippen molar-refractivity contribution in [1.29, 1.82) is 0 Å². The van der Waals surface area contributed by atoms with Crippen molar-refractivity contribution in [3.05, 3.63) is 298 Å². The molecule has 0 radical (unpaired) electrons. The molecule has 6 nitrogen and oxygen atoms in total. The Kier molecular flexibility index (Phi) is 17.8. The van der Waals surface area contributed by atoms with E-state index in [0.717, 1.165) is 107 Å². The minimum Gasteiger partial charge on any atom is -0.494 e. The van der Waals surface area contributed by atoms with Gasteiger partial charge in [-0.2, -0.15) is 0 Å². The van der Waals surface area contributed by atoms with Crippen LogP contribution in [0.2, 0.25) is 0 Å². The fraction of sp³-hybridized carbons (Fsp3) is 0.216. The van der Waals surface area contributed by atoms with Gasteiger partial charge in [-0.3, -0.25) is 0 Å². The Morgan fingerprint density at radius 1 is 0.275 bits per heavy atom. The smallest absolute Gasteiger partial charge is 0.119 e. The highest BCUT2D eigenvalue weighted by Gasteiger charge is 2.40. The topological polar surface area (TPSA) is 55.4 Å². The zero-order valence-electron chi connectivity index (χ0n) is 47.5. The van der Waals surface area contributed by atoms with Crippen LogP contribution in [0.4, 0.5) is 0 Å². The van der Waals surface area contributed by atoms with Crippen molar-refractivity contribution in [2.24, 2.45) is 0 Å². The third-order valence-electron chi connectivity index (χ3n) is 15.7. The highest BCUT2D eigenvalue weighted by Crippen LogP contribution is 2.49. The van der Waals surface area contributed by atoms with Crippen molar-refractivity contribution in [2.75, 3.05) is 26.4 Å². The van der Waals surface area contributed by atoms with Crippen molar-refractivity contribution < 1.29 is 28.4 Å². The predicted molar refractivity (Wildman–Crippen MR) is 328 cm³/mol. The zero-order valence-corrected chi connectivity index (χ0v) is 47.5. The molecule has 0 aromatic heterocycles. The van der Waals surface area contributed by atoms with E-state index in [9.17, 15) is 0 Å². The van der Waals surface area contributed by atoms with Gasteiger partial charge < -0.3 is 28.4 Å². The van der Waals surface area contributed by atoms with Gasteiger partial charge in [-0.25, -0.2) is 0 Å². The lowest BCUT2D eigenvalue weighted by atomic mass is 9.63. The molecule has 9 rings (SSSR count). The number of rotatable bonds is 25. The van der Waals surface area contributed by atoms with Gasteiger partial charge in [0.1, 0.15) is 47.7 Å². The lowest BCUT2D eigenvalue weighted by Crippen LogP contribution is -2.32. The van der Waals surface area contributed by atoms with Crippen LogP contribution in [0.3, 0.4) is 0 Å². The van der Waals surface area contributed by atoms with E-state index in [1.54, 1.807) is 0 Å². The average molecular weight is 1060 g/mol. The number of benzene rings is 9. The Balaban J connectivity index is 1.28. The first-order valence-electron chi connectivity index (χ1n) is 27.9. The van der Waals surface area contributed by atoms with Crippen molar-refractivity contribution in [3.8, 4) is 34.5 Å². The molecule has 0 N–H and O–H groups in total. The summed E-state index contributed by atoms with van der Waals surface area (Å²) < 4.78 is 37.1. The van der Waals surface area contributed by atoms with Gasteiger partial charge in [-0.1, -0.05) is 165 Å². The van der Waals surface area contributed by atoms with Gasteiger partial charge in [0.25, 0.3) is 0 Å². The molecule has 0 bridgehead atoms. The van der Waals surface area contributed by atoms with Gasteiger partial charge in [0.2, 0.25) is 0 Å². The van der Waals surface area contributed by atoms with Crippen LogP contribution in [0.5, 0.6) is 34.5 Å². The highest BCUT2D eigenvalue weighted by atomic mass is 16.5. The minimum absolute atomic E-state index is 0.440. The number of hydrogen-bond acceptors (Lipinski definition) is 6. The summed E-state index contributed by atoms with van der Waals surface area (Å²) in [7, 11) is 0. The van der Waals surface area contributed by atoms with Crippen molar-refractivity contribution in [2.45, 2.75) is 77.9 Å². The van der Waals surface area contributed by atoms with Crippen molar-refractivity contribution in [1.82, 2.24) is 0 Å². The van der Waals surface area contributed by atoms with Gasteiger partial charge in [-0.05, 0) is 194 Å². The predicted octanol–water partition coefficient (Wildman–Crippen LogP) is 17.8. The zero-order chi connectivity index (χ0) is 56.1. The molecule has 2 atom stereocenters. The summed E-state index contributed by atoms with van der Waals surface area (Å²) in [5, 5.41) is 0. The standard InChI is InChI=1S/C74H74O6/c1-10-53-16-20-55(21-17-53)51-79-70-44-32-61(33-45-70)73(8,59-28-40-68(41-29-59)77-14-5)64-48-63(72(7,57-24-36-66(37-25-57)75-12-3)58-26-38-67(39-27-58)76-13-4)49-65(50-64)74(9,60-30-42-69(43-31-60)78-15-6)62-34-46-71(47-35-62)80-52-56-22-18-54(11-2)19-23-56/h10-11,16-50H,1-2,12-15,51-52H2,3-9H3. The molecule has 80 heavy (non-hydrogen) atoms. The van der Waals surface area contributed by atoms with Gasteiger partial charge in [-0.15, -0.1) is 0 Å². The van der Waals surface area contributed by atoms with Crippen LogP contribution in [-0.2, 0) is 29.5 Å². The van der Waals surface area contributed by atoms with E-state index in [-0.39, 0.29) is 0 Å². The minimum atomic E-state index is -0.728. The van der Waals surface area contributed by atoms with Crippen LogP contribution in [-0.4, -0.2) is 26.4 Å².